The Balaban J connectivity index is 2.25. The van der Waals surface area contributed by atoms with Gasteiger partial charge in [0.1, 0.15) is 5.82 Å². The molecule has 100 valence electrons. The van der Waals surface area contributed by atoms with Crippen LogP contribution in [-0.2, 0) is 0 Å². The van der Waals surface area contributed by atoms with Gasteiger partial charge in [-0.3, -0.25) is 0 Å². The molecule has 0 aliphatic heterocycles. The van der Waals surface area contributed by atoms with Crippen LogP contribution in [0.3, 0.4) is 0 Å². The standard InChI is InChI=1S/C13H8ClFN4O/c14-8-4-1-3-7(10(8)15)9-11(19-20-12(9)16)13-17-5-2-6-18-13/h1-6H,16H2. The van der Waals surface area contributed by atoms with Crippen molar-refractivity contribution in [2.45, 2.75) is 0 Å². The number of nitrogens with zero attached hydrogens (tertiary/aromatic N) is 3. The summed E-state index contributed by atoms with van der Waals surface area (Å²) in [6, 6.07) is 6.26. The van der Waals surface area contributed by atoms with Crippen molar-refractivity contribution >= 4 is 17.5 Å². The molecule has 7 heteroatoms. The number of halogens is 2. The molecule has 5 nitrogen and oxygen atoms in total. The Hall–Kier alpha value is -2.47. The number of nitrogen functional groups attached to an aromatic ring is 1. The fourth-order valence-corrected chi connectivity index (χ4v) is 2.01. The molecule has 1 aromatic carbocycles. The van der Waals surface area contributed by atoms with Gasteiger partial charge in [0.05, 0.1) is 10.6 Å². The van der Waals surface area contributed by atoms with Crippen molar-refractivity contribution in [3.63, 3.8) is 0 Å². The van der Waals surface area contributed by atoms with Crippen molar-refractivity contribution in [1.29, 1.82) is 0 Å². The quantitative estimate of drug-likeness (QED) is 0.784. The van der Waals surface area contributed by atoms with Crippen LogP contribution in [0.4, 0.5) is 10.3 Å². The number of hydrogen-bond donors (Lipinski definition) is 1. The molecule has 0 fully saturated rings. The summed E-state index contributed by atoms with van der Waals surface area (Å²) < 4.78 is 19.1. The first-order valence-corrected chi connectivity index (χ1v) is 6.03. The molecule has 0 aliphatic rings. The van der Waals surface area contributed by atoms with Crippen molar-refractivity contribution in [3.05, 3.63) is 47.5 Å². The molecule has 20 heavy (non-hydrogen) atoms. The van der Waals surface area contributed by atoms with Gasteiger partial charge in [0.25, 0.3) is 0 Å². The Bertz CT molecular complexity index is 760. The molecule has 2 heterocycles. The third-order valence-electron chi connectivity index (χ3n) is 2.72. The van der Waals surface area contributed by atoms with E-state index in [0.29, 0.717) is 5.82 Å². The van der Waals surface area contributed by atoms with E-state index in [0.717, 1.165) is 0 Å². The smallest absolute Gasteiger partial charge is 0.230 e. The van der Waals surface area contributed by atoms with Gasteiger partial charge in [0.2, 0.25) is 5.88 Å². The highest BCUT2D eigenvalue weighted by molar-refractivity contribution is 6.31. The van der Waals surface area contributed by atoms with Crippen LogP contribution in [0.5, 0.6) is 0 Å². The minimum atomic E-state index is -0.596. The van der Waals surface area contributed by atoms with Gasteiger partial charge < -0.3 is 10.3 Å². The highest BCUT2D eigenvalue weighted by Crippen LogP contribution is 2.37. The molecule has 3 rings (SSSR count). The van der Waals surface area contributed by atoms with Crippen LogP contribution in [0, 0.1) is 5.82 Å². The molecule has 0 saturated heterocycles. The Labute approximate surface area is 118 Å². The van der Waals surface area contributed by atoms with Gasteiger partial charge in [-0.2, -0.15) is 0 Å². The maximum atomic E-state index is 14.1. The second kappa shape index (κ2) is 4.90. The first-order chi connectivity index (χ1) is 9.68. The fraction of sp³-hybridized carbons (Fsp3) is 0. The highest BCUT2D eigenvalue weighted by Gasteiger charge is 2.22. The average molecular weight is 291 g/mol. The Morgan fingerprint density at radius 1 is 1.15 bits per heavy atom. The monoisotopic (exact) mass is 290 g/mol. The van der Waals surface area contributed by atoms with Crippen molar-refractivity contribution in [1.82, 2.24) is 15.1 Å². The van der Waals surface area contributed by atoms with Crippen molar-refractivity contribution in [2.75, 3.05) is 5.73 Å². The molecule has 0 amide bonds. The van der Waals surface area contributed by atoms with Crippen molar-refractivity contribution < 1.29 is 8.91 Å². The SMILES string of the molecule is Nc1onc(-c2ncccn2)c1-c1cccc(Cl)c1F. The van der Waals surface area contributed by atoms with Crippen LogP contribution in [0.2, 0.25) is 5.02 Å². The zero-order valence-corrected chi connectivity index (χ0v) is 10.8. The van der Waals surface area contributed by atoms with E-state index in [-0.39, 0.29) is 27.7 Å². The molecule has 2 N–H and O–H groups in total. The lowest BCUT2D eigenvalue weighted by atomic mass is 10.0. The van der Waals surface area contributed by atoms with E-state index in [1.807, 2.05) is 0 Å². The van der Waals surface area contributed by atoms with Crippen LogP contribution in [0.25, 0.3) is 22.6 Å². The van der Waals surface area contributed by atoms with Gasteiger partial charge in [0.15, 0.2) is 11.5 Å². The number of aromatic nitrogens is 3. The Morgan fingerprint density at radius 3 is 2.65 bits per heavy atom. The second-order valence-electron chi connectivity index (χ2n) is 3.94. The lowest BCUT2D eigenvalue weighted by Gasteiger charge is -2.04. The summed E-state index contributed by atoms with van der Waals surface area (Å²) in [4.78, 5) is 8.11. The summed E-state index contributed by atoms with van der Waals surface area (Å²) in [7, 11) is 0. The summed E-state index contributed by atoms with van der Waals surface area (Å²) in [6.07, 6.45) is 3.09. The van der Waals surface area contributed by atoms with Crippen LogP contribution >= 0.6 is 11.6 Å². The average Bonchev–Trinajstić information content (AvgIpc) is 2.85. The lowest BCUT2D eigenvalue weighted by Crippen LogP contribution is -1.94. The molecule has 2 aromatic heterocycles. The summed E-state index contributed by atoms with van der Waals surface area (Å²) in [5.74, 6) is -0.322. The third kappa shape index (κ3) is 2.00. The number of rotatable bonds is 2. The molecule has 0 unspecified atom stereocenters. The van der Waals surface area contributed by atoms with Gasteiger partial charge in [0, 0.05) is 18.0 Å². The molecule has 0 radical (unpaired) electrons. The fourth-order valence-electron chi connectivity index (χ4n) is 1.83. The zero-order valence-electron chi connectivity index (χ0n) is 10.0. The van der Waals surface area contributed by atoms with E-state index in [1.54, 1.807) is 24.5 Å². The topological polar surface area (TPSA) is 77.8 Å². The first kappa shape index (κ1) is 12.6. The van der Waals surface area contributed by atoms with Crippen LogP contribution in [0.1, 0.15) is 0 Å². The molecular weight excluding hydrogens is 283 g/mol. The molecule has 0 saturated carbocycles. The van der Waals surface area contributed by atoms with E-state index in [4.69, 9.17) is 21.9 Å². The van der Waals surface area contributed by atoms with E-state index >= 15 is 0 Å². The molecule has 0 spiro atoms. The van der Waals surface area contributed by atoms with Crippen molar-refractivity contribution in [3.8, 4) is 22.6 Å². The van der Waals surface area contributed by atoms with E-state index in [2.05, 4.69) is 15.1 Å². The van der Waals surface area contributed by atoms with E-state index in [1.165, 1.54) is 12.1 Å². The molecule has 0 atom stereocenters. The first-order valence-electron chi connectivity index (χ1n) is 5.65. The van der Waals surface area contributed by atoms with Gasteiger partial charge in [-0.1, -0.05) is 28.9 Å². The van der Waals surface area contributed by atoms with E-state index < -0.39 is 5.82 Å². The summed E-state index contributed by atoms with van der Waals surface area (Å²) >= 11 is 5.78. The maximum absolute atomic E-state index is 14.1. The number of nitrogens with two attached hydrogens (primary N) is 1. The normalized spacial score (nSPS) is 10.7. The minimum Gasteiger partial charge on any atom is -0.367 e. The second-order valence-corrected chi connectivity index (χ2v) is 4.35. The van der Waals surface area contributed by atoms with Crippen LogP contribution in [0.15, 0.2) is 41.2 Å². The summed E-state index contributed by atoms with van der Waals surface area (Å²) in [5.41, 5.74) is 6.48. The highest BCUT2D eigenvalue weighted by atomic mass is 35.5. The van der Waals surface area contributed by atoms with Crippen molar-refractivity contribution in [2.24, 2.45) is 0 Å². The number of anilines is 1. The lowest BCUT2D eigenvalue weighted by molar-refractivity contribution is 0.439. The van der Waals surface area contributed by atoms with Gasteiger partial charge in [-0.25, -0.2) is 14.4 Å². The maximum Gasteiger partial charge on any atom is 0.230 e. The number of hydrogen-bond acceptors (Lipinski definition) is 5. The molecule has 0 bridgehead atoms. The van der Waals surface area contributed by atoms with Gasteiger partial charge in [-0.05, 0) is 12.1 Å². The Morgan fingerprint density at radius 2 is 1.90 bits per heavy atom. The molecule has 3 aromatic rings. The Kier molecular flexibility index (Phi) is 3.08. The van der Waals surface area contributed by atoms with Crippen LogP contribution < -0.4 is 5.73 Å². The predicted molar refractivity (Wildman–Crippen MR) is 72.3 cm³/mol. The third-order valence-corrected chi connectivity index (χ3v) is 3.01. The minimum absolute atomic E-state index is 0.0111. The van der Waals surface area contributed by atoms with Crippen LogP contribution in [-0.4, -0.2) is 15.1 Å². The summed E-state index contributed by atoms with van der Waals surface area (Å²) in [6.45, 7) is 0. The summed E-state index contributed by atoms with van der Waals surface area (Å²) in [5, 5.41) is 3.79. The largest absolute Gasteiger partial charge is 0.367 e. The van der Waals surface area contributed by atoms with Gasteiger partial charge in [-0.15, -0.1) is 0 Å². The number of benzene rings is 1. The predicted octanol–water partition coefficient (Wildman–Crippen LogP) is 3.17. The zero-order chi connectivity index (χ0) is 14.1. The van der Waals surface area contributed by atoms with Gasteiger partial charge >= 0.3 is 0 Å². The molecule has 0 aliphatic carbocycles. The van der Waals surface area contributed by atoms with E-state index in [9.17, 15) is 4.39 Å². The molecular formula is C13H8ClFN4O.